The molecule has 3 rings (SSSR count). The fourth-order valence-corrected chi connectivity index (χ4v) is 2.73. The monoisotopic (exact) mass is 286 g/mol. The summed E-state index contributed by atoms with van der Waals surface area (Å²) in [5.74, 6) is 0. The quantitative estimate of drug-likeness (QED) is 0.728. The third kappa shape index (κ3) is 2.32. The average molecular weight is 286 g/mol. The summed E-state index contributed by atoms with van der Waals surface area (Å²) in [6.45, 7) is 2.02. The van der Waals surface area contributed by atoms with E-state index in [9.17, 15) is 8.42 Å². The molecule has 0 aliphatic rings. The summed E-state index contributed by atoms with van der Waals surface area (Å²) in [5, 5.41) is 0. The van der Waals surface area contributed by atoms with Crippen LogP contribution >= 0.6 is 0 Å². The van der Waals surface area contributed by atoms with Crippen molar-refractivity contribution in [1.82, 2.24) is 9.38 Å². The van der Waals surface area contributed by atoms with Crippen LogP contribution in [0.3, 0.4) is 0 Å². The fraction of sp³-hybridized carbons (Fsp3) is 0.133. The van der Waals surface area contributed by atoms with E-state index in [1.807, 2.05) is 35.9 Å². The van der Waals surface area contributed by atoms with E-state index in [0.717, 1.165) is 22.5 Å². The highest BCUT2D eigenvalue weighted by Gasteiger charge is 2.08. The van der Waals surface area contributed by atoms with Crippen LogP contribution in [0.1, 0.15) is 5.56 Å². The standard InChI is InChI=1S/C15H14N2O2S/c1-11-7-8-17-10-14(16-15(17)9-11)12-3-5-13(6-4-12)20(2,18)19/h3-10H,1-2H3. The molecule has 102 valence electrons. The topological polar surface area (TPSA) is 51.4 Å². The number of imidazole rings is 1. The van der Waals surface area contributed by atoms with Crippen LogP contribution in [0.25, 0.3) is 16.9 Å². The third-order valence-electron chi connectivity index (χ3n) is 3.19. The summed E-state index contributed by atoms with van der Waals surface area (Å²) in [6, 6.07) is 10.8. The van der Waals surface area contributed by atoms with Crippen molar-refractivity contribution >= 4 is 15.5 Å². The van der Waals surface area contributed by atoms with Crippen molar-refractivity contribution in [2.75, 3.05) is 6.26 Å². The Bertz CT molecular complexity index is 878. The van der Waals surface area contributed by atoms with E-state index in [1.165, 1.54) is 6.26 Å². The molecular formula is C15H14N2O2S. The van der Waals surface area contributed by atoms with Crippen LogP contribution < -0.4 is 0 Å². The Hall–Kier alpha value is -2.14. The molecule has 0 spiro atoms. The van der Waals surface area contributed by atoms with Gasteiger partial charge in [-0.15, -0.1) is 0 Å². The second kappa shape index (κ2) is 4.45. The van der Waals surface area contributed by atoms with Crippen LogP contribution in [0.15, 0.2) is 53.7 Å². The van der Waals surface area contributed by atoms with Gasteiger partial charge in [-0.25, -0.2) is 13.4 Å². The van der Waals surface area contributed by atoms with Crippen molar-refractivity contribution in [1.29, 1.82) is 0 Å². The van der Waals surface area contributed by atoms with Gasteiger partial charge in [0.05, 0.1) is 10.6 Å². The molecule has 0 fully saturated rings. The lowest BCUT2D eigenvalue weighted by molar-refractivity contribution is 0.602. The summed E-state index contributed by atoms with van der Waals surface area (Å²) < 4.78 is 24.8. The summed E-state index contributed by atoms with van der Waals surface area (Å²) in [6.07, 6.45) is 5.10. The van der Waals surface area contributed by atoms with E-state index >= 15 is 0 Å². The van der Waals surface area contributed by atoms with Gasteiger partial charge in [0.25, 0.3) is 0 Å². The molecule has 2 heterocycles. The van der Waals surface area contributed by atoms with Crippen LogP contribution in [-0.2, 0) is 9.84 Å². The fourth-order valence-electron chi connectivity index (χ4n) is 2.10. The maximum Gasteiger partial charge on any atom is 0.175 e. The molecule has 0 radical (unpaired) electrons. The van der Waals surface area contributed by atoms with E-state index in [2.05, 4.69) is 4.98 Å². The molecule has 0 unspecified atom stereocenters. The number of hydrogen-bond donors (Lipinski definition) is 0. The Labute approximate surface area is 117 Å². The Kier molecular flexibility index (Phi) is 2.87. The number of aromatic nitrogens is 2. The van der Waals surface area contributed by atoms with E-state index in [4.69, 9.17) is 0 Å². The Balaban J connectivity index is 2.07. The first-order valence-corrected chi connectivity index (χ1v) is 8.08. The van der Waals surface area contributed by atoms with E-state index < -0.39 is 9.84 Å². The maximum absolute atomic E-state index is 11.4. The molecule has 0 bridgehead atoms. The molecule has 1 aromatic carbocycles. The number of nitrogens with zero attached hydrogens (tertiary/aromatic N) is 2. The third-order valence-corrected chi connectivity index (χ3v) is 4.32. The molecule has 0 N–H and O–H groups in total. The largest absolute Gasteiger partial charge is 0.306 e. The highest BCUT2D eigenvalue weighted by Crippen LogP contribution is 2.21. The van der Waals surface area contributed by atoms with Gasteiger partial charge in [-0.05, 0) is 36.8 Å². The van der Waals surface area contributed by atoms with E-state index in [1.54, 1.807) is 24.3 Å². The Morgan fingerprint density at radius 2 is 1.80 bits per heavy atom. The first-order chi connectivity index (χ1) is 9.43. The van der Waals surface area contributed by atoms with Crippen LogP contribution in [-0.4, -0.2) is 24.1 Å². The molecule has 2 aromatic heterocycles. The summed E-state index contributed by atoms with van der Waals surface area (Å²) in [7, 11) is -3.16. The van der Waals surface area contributed by atoms with Crippen LogP contribution in [0.2, 0.25) is 0 Å². The zero-order chi connectivity index (χ0) is 14.3. The lowest BCUT2D eigenvalue weighted by Gasteiger charge is -1.99. The maximum atomic E-state index is 11.4. The van der Waals surface area contributed by atoms with E-state index in [0.29, 0.717) is 4.90 Å². The van der Waals surface area contributed by atoms with Gasteiger partial charge in [-0.1, -0.05) is 12.1 Å². The number of hydrogen-bond acceptors (Lipinski definition) is 3. The molecule has 0 aliphatic heterocycles. The van der Waals surface area contributed by atoms with Gasteiger partial charge < -0.3 is 4.40 Å². The smallest absolute Gasteiger partial charge is 0.175 e. The SMILES string of the molecule is Cc1ccn2cc(-c3ccc(S(C)(=O)=O)cc3)nc2c1. The van der Waals surface area contributed by atoms with Crippen LogP contribution in [0.4, 0.5) is 0 Å². The van der Waals surface area contributed by atoms with Crippen molar-refractivity contribution in [2.45, 2.75) is 11.8 Å². The summed E-state index contributed by atoms with van der Waals surface area (Å²) in [4.78, 5) is 4.87. The Morgan fingerprint density at radius 1 is 1.10 bits per heavy atom. The molecule has 0 saturated heterocycles. The number of aryl methyl sites for hydroxylation is 1. The first kappa shape index (κ1) is 12.9. The summed E-state index contributed by atoms with van der Waals surface area (Å²) >= 11 is 0. The second-order valence-electron chi connectivity index (χ2n) is 4.89. The van der Waals surface area contributed by atoms with Gasteiger partial charge in [0, 0.05) is 24.2 Å². The van der Waals surface area contributed by atoms with Crippen LogP contribution in [0, 0.1) is 6.92 Å². The van der Waals surface area contributed by atoms with Gasteiger partial charge in [0.1, 0.15) is 5.65 Å². The molecule has 0 atom stereocenters. The van der Waals surface area contributed by atoms with Gasteiger partial charge in [-0.2, -0.15) is 0 Å². The highest BCUT2D eigenvalue weighted by atomic mass is 32.2. The number of benzene rings is 1. The summed E-state index contributed by atoms with van der Waals surface area (Å²) in [5.41, 5.74) is 3.77. The lowest BCUT2D eigenvalue weighted by Crippen LogP contribution is -1.96. The Morgan fingerprint density at radius 3 is 2.45 bits per heavy atom. The predicted molar refractivity (Wildman–Crippen MR) is 78.5 cm³/mol. The predicted octanol–water partition coefficient (Wildman–Crippen LogP) is 2.71. The van der Waals surface area contributed by atoms with Crippen molar-refractivity contribution in [3.05, 3.63) is 54.4 Å². The molecule has 0 aliphatic carbocycles. The van der Waals surface area contributed by atoms with Crippen molar-refractivity contribution in [3.63, 3.8) is 0 Å². The normalized spacial score (nSPS) is 11.9. The van der Waals surface area contributed by atoms with Crippen molar-refractivity contribution in [2.24, 2.45) is 0 Å². The minimum absolute atomic E-state index is 0.320. The van der Waals surface area contributed by atoms with Gasteiger partial charge >= 0.3 is 0 Å². The minimum Gasteiger partial charge on any atom is -0.306 e. The number of sulfone groups is 1. The zero-order valence-corrected chi connectivity index (χ0v) is 12.1. The average Bonchev–Trinajstić information content (AvgIpc) is 2.80. The first-order valence-electron chi connectivity index (χ1n) is 6.19. The molecule has 5 heteroatoms. The zero-order valence-electron chi connectivity index (χ0n) is 11.2. The van der Waals surface area contributed by atoms with Crippen molar-refractivity contribution in [3.8, 4) is 11.3 Å². The van der Waals surface area contributed by atoms with Crippen LogP contribution in [0.5, 0.6) is 0 Å². The highest BCUT2D eigenvalue weighted by molar-refractivity contribution is 7.90. The van der Waals surface area contributed by atoms with Gasteiger partial charge in [0.2, 0.25) is 0 Å². The molecule has 3 aromatic rings. The number of pyridine rings is 1. The molecule has 20 heavy (non-hydrogen) atoms. The second-order valence-corrected chi connectivity index (χ2v) is 6.91. The molecule has 4 nitrogen and oxygen atoms in total. The van der Waals surface area contributed by atoms with Crippen molar-refractivity contribution < 1.29 is 8.42 Å². The minimum atomic E-state index is -3.16. The molecule has 0 saturated carbocycles. The molecule has 0 amide bonds. The number of fused-ring (bicyclic) bond motifs is 1. The van der Waals surface area contributed by atoms with Gasteiger partial charge in [-0.3, -0.25) is 0 Å². The number of rotatable bonds is 2. The lowest BCUT2D eigenvalue weighted by atomic mass is 10.2. The van der Waals surface area contributed by atoms with Gasteiger partial charge in [0.15, 0.2) is 9.84 Å². The molecular weight excluding hydrogens is 272 g/mol. The van der Waals surface area contributed by atoms with E-state index in [-0.39, 0.29) is 0 Å².